The third-order valence-electron chi connectivity index (χ3n) is 3.24. The molecule has 0 aliphatic heterocycles. The number of carboxylic acid groups (broad SMARTS) is 1. The molecule has 21 heavy (non-hydrogen) atoms. The van der Waals surface area contributed by atoms with Crippen molar-refractivity contribution < 1.29 is 14.6 Å². The summed E-state index contributed by atoms with van der Waals surface area (Å²) >= 11 is 0. The summed E-state index contributed by atoms with van der Waals surface area (Å²) in [4.78, 5) is 11.2. The Labute approximate surface area is 123 Å². The first kappa shape index (κ1) is 15.0. The molecule has 0 fully saturated rings. The van der Waals surface area contributed by atoms with Crippen molar-refractivity contribution in [3.63, 3.8) is 0 Å². The van der Waals surface area contributed by atoms with Crippen LogP contribution in [0.15, 0.2) is 18.2 Å². The summed E-state index contributed by atoms with van der Waals surface area (Å²) in [5, 5.41) is 16.8. The highest BCUT2D eigenvalue weighted by Gasteiger charge is 2.21. The lowest BCUT2D eigenvalue weighted by Crippen LogP contribution is -2.13. The average molecular weight is 289 g/mol. The number of rotatable bonds is 5. The van der Waals surface area contributed by atoms with E-state index < -0.39 is 5.97 Å². The maximum atomic E-state index is 11.2. The van der Waals surface area contributed by atoms with Gasteiger partial charge in [0.15, 0.2) is 5.69 Å². The van der Waals surface area contributed by atoms with Gasteiger partial charge in [0.2, 0.25) is 0 Å². The molecule has 0 bridgehead atoms. The molecule has 0 amide bonds. The predicted octanol–water partition coefficient (Wildman–Crippen LogP) is 2.75. The lowest BCUT2D eigenvalue weighted by atomic mass is 10.1. The van der Waals surface area contributed by atoms with Gasteiger partial charge in [0.05, 0.1) is 0 Å². The molecule has 1 N–H and O–H groups in total. The van der Waals surface area contributed by atoms with Crippen LogP contribution in [0.4, 0.5) is 0 Å². The van der Waals surface area contributed by atoms with Crippen molar-refractivity contribution >= 4 is 5.97 Å². The van der Waals surface area contributed by atoms with Gasteiger partial charge in [0.25, 0.3) is 0 Å². The average Bonchev–Trinajstić information content (AvgIpc) is 2.82. The molecule has 0 saturated carbocycles. The zero-order valence-electron chi connectivity index (χ0n) is 12.6. The Kier molecular flexibility index (Phi) is 4.26. The van der Waals surface area contributed by atoms with Gasteiger partial charge in [0.1, 0.15) is 18.1 Å². The third-order valence-corrected chi connectivity index (χ3v) is 3.24. The lowest BCUT2D eigenvalue weighted by Gasteiger charge is -2.14. The number of aromatic nitrogens is 3. The van der Waals surface area contributed by atoms with Gasteiger partial charge in [0, 0.05) is 6.04 Å². The minimum Gasteiger partial charge on any atom is -0.487 e. The normalized spacial score (nSPS) is 10.9. The summed E-state index contributed by atoms with van der Waals surface area (Å²) in [5.74, 6) is -0.327. The Morgan fingerprint density at radius 3 is 2.48 bits per heavy atom. The fourth-order valence-electron chi connectivity index (χ4n) is 2.20. The third kappa shape index (κ3) is 3.04. The minimum absolute atomic E-state index is 0.0159. The summed E-state index contributed by atoms with van der Waals surface area (Å²) in [7, 11) is 0. The van der Waals surface area contributed by atoms with E-state index in [1.165, 1.54) is 0 Å². The van der Waals surface area contributed by atoms with Crippen LogP contribution in [-0.2, 0) is 6.61 Å². The minimum atomic E-state index is -1.10. The highest BCUT2D eigenvalue weighted by atomic mass is 16.5. The Morgan fingerprint density at radius 1 is 1.33 bits per heavy atom. The Hall–Kier alpha value is -2.37. The van der Waals surface area contributed by atoms with Crippen LogP contribution in [0.1, 0.15) is 47.2 Å². The first-order valence-electron chi connectivity index (χ1n) is 6.78. The van der Waals surface area contributed by atoms with Crippen molar-refractivity contribution in [3.05, 3.63) is 40.7 Å². The monoisotopic (exact) mass is 289 g/mol. The van der Waals surface area contributed by atoms with Crippen molar-refractivity contribution in [1.29, 1.82) is 0 Å². The molecule has 0 saturated heterocycles. The summed E-state index contributed by atoms with van der Waals surface area (Å²) in [5.41, 5.74) is 2.43. The summed E-state index contributed by atoms with van der Waals surface area (Å²) in [6.45, 7) is 7.88. The van der Waals surface area contributed by atoms with E-state index in [1.54, 1.807) is 4.68 Å². The van der Waals surface area contributed by atoms with E-state index in [4.69, 9.17) is 4.74 Å². The summed E-state index contributed by atoms with van der Waals surface area (Å²) in [6, 6.07) is 5.89. The Balaban J connectivity index is 2.31. The number of aryl methyl sites for hydroxylation is 2. The van der Waals surface area contributed by atoms with Gasteiger partial charge in [-0.15, -0.1) is 5.10 Å². The van der Waals surface area contributed by atoms with Gasteiger partial charge in [-0.25, -0.2) is 9.48 Å². The highest BCUT2D eigenvalue weighted by Crippen LogP contribution is 2.24. The van der Waals surface area contributed by atoms with E-state index in [2.05, 4.69) is 10.3 Å². The number of para-hydroxylation sites is 1. The number of hydrogen-bond donors (Lipinski definition) is 1. The number of aromatic carboxylic acids is 1. The second-order valence-corrected chi connectivity index (χ2v) is 5.24. The number of carboxylic acids is 1. The molecule has 112 valence electrons. The lowest BCUT2D eigenvalue weighted by molar-refractivity contribution is 0.0687. The first-order valence-corrected chi connectivity index (χ1v) is 6.78. The van der Waals surface area contributed by atoms with Gasteiger partial charge in [-0.1, -0.05) is 23.4 Å². The number of carbonyl (C=O) groups is 1. The van der Waals surface area contributed by atoms with Gasteiger partial charge in [-0.2, -0.15) is 0 Å². The zero-order valence-corrected chi connectivity index (χ0v) is 12.6. The molecule has 0 aliphatic carbocycles. The number of hydrogen-bond acceptors (Lipinski definition) is 4. The Morgan fingerprint density at radius 2 is 1.95 bits per heavy atom. The van der Waals surface area contributed by atoms with Crippen LogP contribution >= 0.6 is 0 Å². The molecule has 1 aromatic heterocycles. The second-order valence-electron chi connectivity index (χ2n) is 5.24. The van der Waals surface area contributed by atoms with E-state index in [-0.39, 0.29) is 18.3 Å². The molecule has 2 rings (SSSR count). The van der Waals surface area contributed by atoms with E-state index in [0.29, 0.717) is 5.69 Å². The molecule has 0 atom stereocenters. The van der Waals surface area contributed by atoms with Crippen LogP contribution in [0.2, 0.25) is 0 Å². The van der Waals surface area contributed by atoms with E-state index >= 15 is 0 Å². The first-order chi connectivity index (χ1) is 9.91. The molecule has 0 radical (unpaired) electrons. The standard InChI is InChI=1S/C15H19N3O3/c1-9(2)18-12(13(15(19)20)16-17-18)8-21-14-10(3)6-5-7-11(14)4/h5-7,9H,8H2,1-4H3,(H,19,20). The van der Waals surface area contributed by atoms with Crippen LogP contribution in [0.25, 0.3) is 0 Å². The van der Waals surface area contributed by atoms with Gasteiger partial charge >= 0.3 is 5.97 Å². The number of ether oxygens (including phenoxy) is 1. The van der Waals surface area contributed by atoms with Crippen molar-refractivity contribution in [2.75, 3.05) is 0 Å². The maximum Gasteiger partial charge on any atom is 0.358 e. The predicted molar refractivity (Wildman–Crippen MR) is 77.6 cm³/mol. The van der Waals surface area contributed by atoms with Crippen molar-refractivity contribution in [1.82, 2.24) is 15.0 Å². The molecule has 0 spiro atoms. The van der Waals surface area contributed by atoms with Crippen molar-refractivity contribution in [2.45, 2.75) is 40.3 Å². The molecule has 2 aromatic rings. The van der Waals surface area contributed by atoms with Crippen LogP contribution in [0, 0.1) is 13.8 Å². The fourth-order valence-corrected chi connectivity index (χ4v) is 2.20. The molecule has 0 unspecified atom stereocenters. The van der Waals surface area contributed by atoms with Gasteiger partial charge in [-0.3, -0.25) is 0 Å². The highest BCUT2D eigenvalue weighted by molar-refractivity contribution is 5.86. The zero-order chi connectivity index (χ0) is 15.6. The summed E-state index contributed by atoms with van der Waals surface area (Å²) < 4.78 is 7.41. The number of nitrogens with zero attached hydrogens (tertiary/aromatic N) is 3. The van der Waals surface area contributed by atoms with Crippen LogP contribution < -0.4 is 4.74 Å². The topological polar surface area (TPSA) is 77.2 Å². The van der Waals surface area contributed by atoms with Crippen molar-refractivity contribution in [3.8, 4) is 5.75 Å². The maximum absolute atomic E-state index is 11.2. The molecular weight excluding hydrogens is 270 g/mol. The van der Waals surface area contributed by atoms with E-state index in [9.17, 15) is 9.90 Å². The quantitative estimate of drug-likeness (QED) is 0.915. The van der Waals surface area contributed by atoms with E-state index in [1.807, 2.05) is 45.9 Å². The molecule has 1 heterocycles. The van der Waals surface area contributed by atoms with Crippen LogP contribution in [0.3, 0.4) is 0 Å². The summed E-state index contributed by atoms with van der Waals surface area (Å²) in [6.07, 6.45) is 0. The fraction of sp³-hybridized carbons (Fsp3) is 0.400. The van der Waals surface area contributed by atoms with E-state index in [0.717, 1.165) is 16.9 Å². The SMILES string of the molecule is Cc1cccc(C)c1OCc1c(C(=O)O)nnn1C(C)C. The molecule has 6 nitrogen and oxygen atoms in total. The van der Waals surface area contributed by atoms with Gasteiger partial charge < -0.3 is 9.84 Å². The molecular formula is C15H19N3O3. The van der Waals surface area contributed by atoms with Crippen molar-refractivity contribution in [2.24, 2.45) is 0 Å². The molecule has 0 aliphatic rings. The number of benzene rings is 1. The smallest absolute Gasteiger partial charge is 0.358 e. The second kappa shape index (κ2) is 5.95. The molecule has 6 heteroatoms. The van der Waals surface area contributed by atoms with Crippen LogP contribution in [-0.4, -0.2) is 26.1 Å². The molecule has 1 aromatic carbocycles. The van der Waals surface area contributed by atoms with Crippen LogP contribution in [0.5, 0.6) is 5.75 Å². The largest absolute Gasteiger partial charge is 0.487 e. The van der Waals surface area contributed by atoms with Gasteiger partial charge in [-0.05, 0) is 38.8 Å². The Bertz CT molecular complexity index is 642.